The van der Waals surface area contributed by atoms with E-state index in [0.29, 0.717) is 0 Å². The topological polar surface area (TPSA) is 38.3 Å². The molecular formula is C17H16INO2. The number of ether oxygens (including phenoxy) is 1. The minimum absolute atomic E-state index is 0.167. The molecule has 0 aliphatic carbocycles. The van der Waals surface area contributed by atoms with E-state index in [0.717, 1.165) is 26.1 Å². The molecule has 0 unspecified atom stereocenters. The van der Waals surface area contributed by atoms with Gasteiger partial charge in [0.25, 0.3) is 0 Å². The van der Waals surface area contributed by atoms with Gasteiger partial charge < -0.3 is 10.1 Å². The van der Waals surface area contributed by atoms with Gasteiger partial charge in [-0.05, 0) is 72.0 Å². The summed E-state index contributed by atoms with van der Waals surface area (Å²) in [5.74, 6) is 0.582. The van der Waals surface area contributed by atoms with Crippen LogP contribution in [0.5, 0.6) is 5.75 Å². The van der Waals surface area contributed by atoms with E-state index in [4.69, 9.17) is 4.74 Å². The molecule has 2 rings (SSSR count). The Morgan fingerprint density at radius 2 is 1.90 bits per heavy atom. The Bertz CT molecular complexity index is 663. The van der Waals surface area contributed by atoms with Gasteiger partial charge in [0.15, 0.2) is 0 Å². The minimum atomic E-state index is -0.167. The summed E-state index contributed by atoms with van der Waals surface area (Å²) in [7, 11) is 1.62. The van der Waals surface area contributed by atoms with Crippen molar-refractivity contribution in [3.05, 3.63) is 63.2 Å². The molecule has 0 atom stereocenters. The van der Waals surface area contributed by atoms with Gasteiger partial charge in [0.2, 0.25) is 5.91 Å². The first kappa shape index (κ1) is 15.6. The third-order valence-corrected chi connectivity index (χ3v) is 3.63. The highest BCUT2D eigenvalue weighted by Gasteiger charge is 2.01. The van der Waals surface area contributed by atoms with Crippen LogP contribution in [0, 0.1) is 10.5 Å². The van der Waals surface area contributed by atoms with Gasteiger partial charge in [-0.15, -0.1) is 0 Å². The van der Waals surface area contributed by atoms with Crippen molar-refractivity contribution in [3.8, 4) is 5.75 Å². The molecule has 4 heteroatoms. The predicted octanol–water partition coefficient (Wildman–Crippen LogP) is 4.26. The van der Waals surface area contributed by atoms with E-state index < -0.39 is 0 Å². The number of rotatable bonds is 4. The predicted molar refractivity (Wildman–Crippen MR) is 94.6 cm³/mol. The third-order valence-electron chi connectivity index (χ3n) is 2.91. The molecule has 2 aromatic rings. The highest BCUT2D eigenvalue weighted by atomic mass is 127. The Morgan fingerprint density at radius 3 is 2.57 bits per heavy atom. The van der Waals surface area contributed by atoms with Crippen molar-refractivity contribution in [1.82, 2.24) is 0 Å². The van der Waals surface area contributed by atoms with E-state index in [9.17, 15) is 4.79 Å². The van der Waals surface area contributed by atoms with Crippen molar-refractivity contribution in [2.75, 3.05) is 12.4 Å². The standard InChI is InChI=1S/C17H16INO2/c1-12-3-9-16(21-2)13(11-12)4-10-17(20)19-15-7-5-14(18)6-8-15/h3-11H,1-2H3,(H,19,20)/b10-4+. The van der Waals surface area contributed by atoms with E-state index in [-0.39, 0.29) is 5.91 Å². The van der Waals surface area contributed by atoms with Crippen LogP contribution < -0.4 is 10.1 Å². The quantitative estimate of drug-likeness (QED) is 0.623. The number of hydrogen-bond donors (Lipinski definition) is 1. The zero-order valence-corrected chi connectivity index (χ0v) is 14.0. The molecule has 0 heterocycles. The summed E-state index contributed by atoms with van der Waals surface area (Å²) in [6.07, 6.45) is 3.27. The lowest BCUT2D eigenvalue weighted by Gasteiger charge is -2.06. The zero-order valence-electron chi connectivity index (χ0n) is 11.9. The fraction of sp³-hybridized carbons (Fsp3) is 0.118. The molecule has 2 aromatic carbocycles. The van der Waals surface area contributed by atoms with E-state index in [2.05, 4.69) is 27.9 Å². The van der Waals surface area contributed by atoms with Gasteiger partial charge in [0, 0.05) is 20.9 Å². The molecule has 3 nitrogen and oxygen atoms in total. The van der Waals surface area contributed by atoms with Crippen LogP contribution >= 0.6 is 22.6 Å². The SMILES string of the molecule is COc1ccc(C)cc1/C=C/C(=O)Nc1ccc(I)cc1. The summed E-state index contributed by atoms with van der Waals surface area (Å²) in [5, 5.41) is 2.82. The number of carbonyl (C=O) groups excluding carboxylic acids is 1. The van der Waals surface area contributed by atoms with Crippen LogP contribution in [0.2, 0.25) is 0 Å². The van der Waals surface area contributed by atoms with Crippen molar-refractivity contribution in [3.63, 3.8) is 0 Å². The van der Waals surface area contributed by atoms with E-state index in [1.165, 1.54) is 6.08 Å². The molecule has 1 N–H and O–H groups in total. The fourth-order valence-corrected chi connectivity index (χ4v) is 2.23. The number of benzene rings is 2. The highest BCUT2D eigenvalue weighted by molar-refractivity contribution is 14.1. The molecule has 1 amide bonds. The molecule has 0 bridgehead atoms. The van der Waals surface area contributed by atoms with Gasteiger partial charge >= 0.3 is 0 Å². The molecule has 0 saturated heterocycles. The monoisotopic (exact) mass is 393 g/mol. The summed E-state index contributed by atoms with van der Waals surface area (Å²) in [6.45, 7) is 2.00. The largest absolute Gasteiger partial charge is 0.496 e. The van der Waals surface area contributed by atoms with Gasteiger partial charge in [-0.1, -0.05) is 11.6 Å². The Morgan fingerprint density at radius 1 is 1.19 bits per heavy atom. The third kappa shape index (κ3) is 4.60. The lowest BCUT2D eigenvalue weighted by atomic mass is 10.1. The van der Waals surface area contributed by atoms with Crippen molar-refractivity contribution >= 4 is 40.3 Å². The lowest BCUT2D eigenvalue weighted by Crippen LogP contribution is -2.07. The molecule has 0 radical (unpaired) electrons. The summed E-state index contributed by atoms with van der Waals surface area (Å²) >= 11 is 2.22. The maximum absolute atomic E-state index is 11.9. The van der Waals surface area contributed by atoms with Crippen molar-refractivity contribution < 1.29 is 9.53 Å². The number of nitrogens with one attached hydrogen (secondary N) is 1. The molecule has 21 heavy (non-hydrogen) atoms. The Balaban J connectivity index is 2.08. The minimum Gasteiger partial charge on any atom is -0.496 e. The smallest absolute Gasteiger partial charge is 0.248 e. The first-order chi connectivity index (χ1) is 10.1. The number of carbonyl (C=O) groups is 1. The normalized spacial score (nSPS) is 10.6. The lowest BCUT2D eigenvalue weighted by molar-refractivity contribution is -0.111. The van der Waals surface area contributed by atoms with Gasteiger partial charge in [0.05, 0.1) is 7.11 Å². The van der Waals surface area contributed by atoms with Gasteiger partial charge in [-0.2, -0.15) is 0 Å². The molecule has 0 spiro atoms. The molecular weight excluding hydrogens is 377 g/mol. The Hall–Kier alpha value is -1.82. The number of aryl methyl sites for hydroxylation is 1. The molecule has 0 aliphatic heterocycles. The molecule has 0 aromatic heterocycles. The van der Waals surface area contributed by atoms with Crippen molar-refractivity contribution in [2.45, 2.75) is 6.92 Å². The number of halogens is 1. The van der Waals surface area contributed by atoms with Crippen LogP contribution in [0.4, 0.5) is 5.69 Å². The van der Waals surface area contributed by atoms with E-state index in [1.54, 1.807) is 13.2 Å². The van der Waals surface area contributed by atoms with Crippen LogP contribution in [0.3, 0.4) is 0 Å². The molecule has 108 valence electrons. The van der Waals surface area contributed by atoms with Gasteiger partial charge in [0.1, 0.15) is 5.75 Å². The van der Waals surface area contributed by atoms with Crippen molar-refractivity contribution in [1.29, 1.82) is 0 Å². The number of anilines is 1. The highest BCUT2D eigenvalue weighted by Crippen LogP contribution is 2.21. The van der Waals surface area contributed by atoms with Crippen molar-refractivity contribution in [2.24, 2.45) is 0 Å². The number of hydrogen-bond acceptors (Lipinski definition) is 2. The van der Waals surface area contributed by atoms with Crippen LogP contribution in [0.25, 0.3) is 6.08 Å². The number of methoxy groups -OCH3 is 1. The molecule has 0 aliphatic rings. The second-order valence-corrected chi connectivity index (χ2v) is 5.82. The van der Waals surface area contributed by atoms with E-state index in [1.807, 2.05) is 49.4 Å². The number of amides is 1. The second-order valence-electron chi connectivity index (χ2n) is 4.57. The summed E-state index contributed by atoms with van der Waals surface area (Å²) in [5.41, 5.74) is 2.78. The van der Waals surface area contributed by atoms with E-state index >= 15 is 0 Å². The van der Waals surface area contributed by atoms with Crippen LogP contribution in [-0.4, -0.2) is 13.0 Å². The first-order valence-corrected chi connectivity index (χ1v) is 7.55. The molecule has 0 fully saturated rings. The fourth-order valence-electron chi connectivity index (χ4n) is 1.87. The van der Waals surface area contributed by atoms with Crippen LogP contribution in [-0.2, 0) is 4.79 Å². The van der Waals surface area contributed by atoms with Crippen LogP contribution in [0.15, 0.2) is 48.5 Å². The zero-order chi connectivity index (χ0) is 15.2. The van der Waals surface area contributed by atoms with Gasteiger partial charge in [-0.3, -0.25) is 4.79 Å². The first-order valence-electron chi connectivity index (χ1n) is 6.48. The van der Waals surface area contributed by atoms with Crippen LogP contribution in [0.1, 0.15) is 11.1 Å². The average Bonchev–Trinajstić information content (AvgIpc) is 2.48. The molecule has 0 saturated carbocycles. The maximum atomic E-state index is 11.9. The van der Waals surface area contributed by atoms with Gasteiger partial charge in [-0.25, -0.2) is 0 Å². The Kier molecular flexibility index (Phi) is 5.38. The Labute approximate surface area is 138 Å². The average molecular weight is 393 g/mol. The summed E-state index contributed by atoms with van der Waals surface area (Å²) in [4.78, 5) is 11.9. The summed E-state index contributed by atoms with van der Waals surface area (Å²) in [6, 6.07) is 13.5. The second kappa shape index (κ2) is 7.26. The summed E-state index contributed by atoms with van der Waals surface area (Å²) < 4.78 is 6.41. The maximum Gasteiger partial charge on any atom is 0.248 e.